The highest BCUT2D eigenvalue weighted by Crippen LogP contribution is 2.31. The Hall–Kier alpha value is -3.13. The summed E-state index contributed by atoms with van der Waals surface area (Å²) in [5, 5.41) is 8.13. The van der Waals surface area contributed by atoms with E-state index in [0.717, 1.165) is 35.3 Å². The normalized spacial score (nSPS) is 14.6. The van der Waals surface area contributed by atoms with Crippen molar-refractivity contribution in [1.82, 2.24) is 20.1 Å². The molecule has 8 nitrogen and oxygen atoms in total. The molecule has 1 aromatic carbocycles. The van der Waals surface area contributed by atoms with E-state index in [9.17, 15) is 4.79 Å². The molecule has 8 heteroatoms. The van der Waals surface area contributed by atoms with Crippen molar-refractivity contribution in [3.8, 4) is 11.5 Å². The molecule has 0 saturated heterocycles. The number of methoxy groups -OCH3 is 2. The molecular formula is C21H25N5O3. The molecule has 3 aromatic rings. The topological polar surface area (TPSA) is 104 Å². The minimum absolute atomic E-state index is 0.0258. The van der Waals surface area contributed by atoms with Crippen molar-refractivity contribution in [3.05, 3.63) is 47.8 Å². The molecule has 1 unspecified atom stereocenters. The Morgan fingerprint density at radius 3 is 2.83 bits per heavy atom. The zero-order chi connectivity index (χ0) is 20.4. The predicted molar refractivity (Wildman–Crippen MR) is 109 cm³/mol. The number of ether oxygens (including phenoxy) is 2. The van der Waals surface area contributed by atoms with Crippen LogP contribution in [0.1, 0.15) is 28.8 Å². The van der Waals surface area contributed by atoms with Gasteiger partial charge in [-0.3, -0.25) is 4.79 Å². The summed E-state index contributed by atoms with van der Waals surface area (Å²) in [5.74, 6) is 1.83. The van der Waals surface area contributed by atoms with E-state index in [-0.39, 0.29) is 11.9 Å². The van der Waals surface area contributed by atoms with Gasteiger partial charge in [0.1, 0.15) is 11.5 Å². The van der Waals surface area contributed by atoms with Crippen LogP contribution in [0, 0.1) is 5.92 Å². The highest BCUT2D eigenvalue weighted by Gasteiger charge is 2.28. The second-order valence-electron chi connectivity index (χ2n) is 7.33. The minimum atomic E-state index is -0.167. The van der Waals surface area contributed by atoms with E-state index in [1.807, 2.05) is 18.2 Å². The lowest BCUT2D eigenvalue weighted by molar-refractivity contribution is 0.0950. The molecule has 1 aliphatic carbocycles. The number of carbonyl (C=O) groups is 1. The number of carbonyl (C=O) groups excluding carboxylic acids is 1. The van der Waals surface area contributed by atoms with Crippen LogP contribution in [0.2, 0.25) is 0 Å². The molecule has 0 spiro atoms. The molecule has 1 amide bonds. The second kappa shape index (κ2) is 8.08. The fraction of sp³-hybridized carbons (Fsp3) is 0.381. The smallest absolute Gasteiger partial charge is 0.252 e. The molecule has 29 heavy (non-hydrogen) atoms. The Balaban J connectivity index is 1.50. The molecule has 4 rings (SSSR count). The summed E-state index contributed by atoms with van der Waals surface area (Å²) >= 11 is 0. The van der Waals surface area contributed by atoms with E-state index in [1.54, 1.807) is 37.4 Å². The number of benzene rings is 1. The van der Waals surface area contributed by atoms with Gasteiger partial charge in [-0.2, -0.15) is 5.10 Å². The van der Waals surface area contributed by atoms with E-state index < -0.39 is 0 Å². The van der Waals surface area contributed by atoms with Gasteiger partial charge in [0.25, 0.3) is 5.91 Å². The summed E-state index contributed by atoms with van der Waals surface area (Å²) < 4.78 is 12.5. The second-order valence-corrected chi connectivity index (χ2v) is 7.33. The maximum Gasteiger partial charge on any atom is 0.252 e. The maximum absolute atomic E-state index is 12.4. The van der Waals surface area contributed by atoms with Crippen molar-refractivity contribution < 1.29 is 14.3 Å². The number of aromatic nitrogens is 3. The van der Waals surface area contributed by atoms with E-state index in [1.165, 1.54) is 0 Å². The van der Waals surface area contributed by atoms with Gasteiger partial charge in [-0.15, -0.1) is 0 Å². The predicted octanol–water partition coefficient (Wildman–Crippen LogP) is 1.96. The van der Waals surface area contributed by atoms with Crippen LogP contribution in [-0.2, 0) is 6.54 Å². The SMILES string of the molecule is COc1ccc(Cn2ncc3cc(C(=O)NCC(N)C4CC4)cnc32)c(OC)c1. The zero-order valence-corrected chi connectivity index (χ0v) is 16.6. The first-order chi connectivity index (χ1) is 14.1. The van der Waals surface area contributed by atoms with Gasteiger partial charge in [0.05, 0.1) is 32.5 Å². The fourth-order valence-electron chi connectivity index (χ4n) is 3.36. The van der Waals surface area contributed by atoms with Crippen LogP contribution in [0.5, 0.6) is 11.5 Å². The first-order valence-corrected chi connectivity index (χ1v) is 9.65. The maximum atomic E-state index is 12.4. The van der Waals surface area contributed by atoms with Crippen LogP contribution in [0.3, 0.4) is 0 Å². The number of fused-ring (bicyclic) bond motifs is 1. The van der Waals surface area contributed by atoms with Crippen LogP contribution < -0.4 is 20.5 Å². The third kappa shape index (κ3) is 4.17. The van der Waals surface area contributed by atoms with Gasteiger partial charge in [0.15, 0.2) is 5.65 Å². The van der Waals surface area contributed by atoms with Crippen LogP contribution in [0.15, 0.2) is 36.7 Å². The highest BCUT2D eigenvalue weighted by molar-refractivity contribution is 5.96. The number of hydrogen-bond acceptors (Lipinski definition) is 6. The van der Waals surface area contributed by atoms with Crippen molar-refractivity contribution in [2.24, 2.45) is 11.7 Å². The first kappa shape index (κ1) is 19.2. The van der Waals surface area contributed by atoms with Gasteiger partial charge in [-0.25, -0.2) is 9.67 Å². The lowest BCUT2D eigenvalue weighted by Crippen LogP contribution is -2.38. The summed E-state index contributed by atoms with van der Waals surface area (Å²) in [6.45, 7) is 0.976. The van der Waals surface area contributed by atoms with Crippen molar-refractivity contribution in [1.29, 1.82) is 0 Å². The molecule has 1 atom stereocenters. The molecule has 1 aliphatic rings. The van der Waals surface area contributed by atoms with Gasteiger partial charge >= 0.3 is 0 Å². The first-order valence-electron chi connectivity index (χ1n) is 9.65. The van der Waals surface area contributed by atoms with Crippen LogP contribution in [-0.4, -0.2) is 47.5 Å². The molecule has 152 valence electrons. The van der Waals surface area contributed by atoms with E-state index in [0.29, 0.717) is 30.2 Å². The number of rotatable bonds is 8. The molecule has 0 bridgehead atoms. The Kier molecular flexibility index (Phi) is 5.35. The van der Waals surface area contributed by atoms with Crippen molar-refractivity contribution in [2.45, 2.75) is 25.4 Å². The number of nitrogens with one attached hydrogen (secondary N) is 1. The van der Waals surface area contributed by atoms with E-state index >= 15 is 0 Å². The molecule has 0 radical (unpaired) electrons. The molecular weight excluding hydrogens is 370 g/mol. The largest absolute Gasteiger partial charge is 0.497 e. The molecule has 2 aromatic heterocycles. The summed E-state index contributed by atoms with van der Waals surface area (Å²) in [7, 11) is 3.24. The Morgan fingerprint density at radius 1 is 1.28 bits per heavy atom. The quantitative estimate of drug-likeness (QED) is 0.604. The van der Waals surface area contributed by atoms with Gasteiger partial charge < -0.3 is 20.5 Å². The van der Waals surface area contributed by atoms with Gasteiger partial charge in [-0.1, -0.05) is 0 Å². The summed E-state index contributed by atoms with van der Waals surface area (Å²) in [4.78, 5) is 16.9. The number of pyridine rings is 1. The molecule has 1 fully saturated rings. The van der Waals surface area contributed by atoms with Crippen LogP contribution in [0.25, 0.3) is 11.0 Å². The Labute approximate surface area is 169 Å². The molecule has 0 aliphatic heterocycles. The number of nitrogens with zero attached hydrogens (tertiary/aromatic N) is 3. The molecule has 3 N–H and O–H groups in total. The average Bonchev–Trinajstić information content (AvgIpc) is 3.53. The zero-order valence-electron chi connectivity index (χ0n) is 16.6. The van der Waals surface area contributed by atoms with Crippen LogP contribution >= 0.6 is 0 Å². The van der Waals surface area contributed by atoms with Crippen molar-refractivity contribution in [2.75, 3.05) is 20.8 Å². The van der Waals surface area contributed by atoms with E-state index in [2.05, 4.69) is 15.4 Å². The number of amides is 1. The van der Waals surface area contributed by atoms with Gasteiger partial charge in [0.2, 0.25) is 0 Å². The third-order valence-corrected chi connectivity index (χ3v) is 5.28. The fourth-order valence-corrected chi connectivity index (χ4v) is 3.36. The van der Waals surface area contributed by atoms with E-state index in [4.69, 9.17) is 15.2 Å². The highest BCUT2D eigenvalue weighted by atomic mass is 16.5. The molecule has 1 saturated carbocycles. The molecule has 2 heterocycles. The average molecular weight is 395 g/mol. The Bertz CT molecular complexity index is 1030. The van der Waals surface area contributed by atoms with Gasteiger partial charge in [0, 0.05) is 35.8 Å². The summed E-state index contributed by atoms with van der Waals surface area (Å²) in [6.07, 6.45) is 5.60. The van der Waals surface area contributed by atoms with Crippen molar-refractivity contribution in [3.63, 3.8) is 0 Å². The summed E-state index contributed by atoms with van der Waals surface area (Å²) in [6, 6.07) is 7.48. The number of hydrogen-bond donors (Lipinski definition) is 2. The monoisotopic (exact) mass is 395 g/mol. The summed E-state index contributed by atoms with van der Waals surface area (Å²) in [5.41, 5.74) is 8.21. The standard InChI is InChI=1S/C21H25N5O3/c1-28-17-6-5-14(19(8-17)29-2)12-26-20-15(10-25-26)7-16(9-23-20)21(27)24-11-18(22)13-3-4-13/h5-10,13,18H,3-4,11-12,22H2,1-2H3,(H,24,27). The lowest BCUT2D eigenvalue weighted by Gasteiger charge is -2.12. The van der Waals surface area contributed by atoms with Gasteiger partial charge in [-0.05, 0) is 37.0 Å². The minimum Gasteiger partial charge on any atom is -0.497 e. The Morgan fingerprint density at radius 2 is 2.10 bits per heavy atom. The third-order valence-electron chi connectivity index (χ3n) is 5.28. The number of nitrogens with two attached hydrogens (primary N) is 1. The van der Waals surface area contributed by atoms with Crippen LogP contribution in [0.4, 0.5) is 0 Å². The van der Waals surface area contributed by atoms with Crippen molar-refractivity contribution >= 4 is 16.9 Å². The lowest BCUT2D eigenvalue weighted by atomic mass is 10.2.